The molecule has 2 atom stereocenters. The highest BCUT2D eigenvalue weighted by Gasteiger charge is 2.40. The van der Waals surface area contributed by atoms with E-state index >= 15 is 0 Å². The lowest BCUT2D eigenvalue weighted by Gasteiger charge is -2.34. The van der Waals surface area contributed by atoms with Crippen molar-refractivity contribution in [2.45, 2.75) is 75.3 Å². The Hall–Kier alpha value is -2.89. The van der Waals surface area contributed by atoms with E-state index in [1.54, 1.807) is 12.1 Å². The number of likely N-dealkylation sites (tertiary alicyclic amines) is 1. The molecule has 1 aromatic heterocycles. The first-order valence-corrected chi connectivity index (χ1v) is 15.5. The number of carbonyl (C=O) groups is 2. The molecule has 2 saturated heterocycles. The lowest BCUT2D eigenvalue weighted by molar-refractivity contribution is -0.132. The Kier molecular flexibility index (Phi) is 8.58. The summed E-state index contributed by atoms with van der Waals surface area (Å²) in [6, 6.07) is 5.15. The number of piperazine rings is 1. The zero-order chi connectivity index (χ0) is 27.4. The Balaban J connectivity index is 1.24. The van der Waals surface area contributed by atoms with E-state index in [-0.39, 0.29) is 36.4 Å². The van der Waals surface area contributed by atoms with E-state index in [4.69, 9.17) is 4.98 Å². The summed E-state index contributed by atoms with van der Waals surface area (Å²) in [6.45, 7) is 5.44. The average molecular weight is 555 g/mol. The summed E-state index contributed by atoms with van der Waals surface area (Å²) in [4.78, 5) is 37.9. The molecule has 39 heavy (non-hydrogen) atoms. The number of fused-ring (bicyclic) bond motifs is 1. The second-order valence-corrected chi connectivity index (χ2v) is 12.7. The van der Waals surface area contributed by atoms with Crippen LogP contribution in [0.15, 0.2) is 35.4 Å². The van der Waals surface area contributed by atoms with Crippen LogP contribution >= 0.6 is 0 Å². The standard InChI is InChI=1S/C28H38N6O4S/c1-20-8-10-21(11-9-20)39(37,38)34-17-13-29-28(36)25(34)18-27(35)32-24-7-5-6-23-22(24)19-30-26(31-23)12-16-33-14-3-2-4-15-33/h8-11,19,24-25H,2-7,12-18H2,1H3,(H,29,36)(H,32,35)/t24?,25-/m1/s1. The third-order valence-corrected chi connectivity index (χ3v) is 9.88. The van der Waals surface area contributed by atoms with Crippen LogP contribution in [-0.2, 0) is 32.5 Å². The van der Waals surface area contributed by atoms with Crippen LogP contribution in [0.3, 0.4) is 0 Å². The molecule has 10 nitrogen and oxygen atoms in total. The molecular weight excluding hydrogens is 516 g/mol. The van der Waals surface area contributed by atoms with E-state index in [9.17, 15) is 18.0 Å². The number of aromatic nitrogens is 2. The van der Waals surface area contributed by atoms with Crippen molar-refractivity contribution in [3.63, 3.8) is 0 Å². The Morgan fingerprint density at radius 2 is 1.87 bits per heavy atom. The quantitative estimate of drug-likeness (QED) is 0.511. The Morgan fingerprint density at radius 1 is 1.10 bits per heavy atom. The fourth-order valence-corrected chi connectivity index (χ4v) is 7.34. The minimum atomic E-state index is -3.94. The zero-order valence-electron chi connectivity index (χ0n) is 22.6. The number of piperidine rings is 1. The topological polar surface area (TPSA) is 125 Å². The van der Waals surface area contributed by atoms with Crippen LogP contribution in [0.2, 0.25) is 0 Å². The van der Waals surface area contributed by atoms with Gasteiger partial charge in [0.25, 0.3) is 0 Å². The van der Waals surface area contributed by atoms with E-state index in [1.807, 2.05) is 13.1 Å². The molecule has 2 aromatic rings. The number of aryl methyl sites for hydroxylation is 2. The summed E-state index contributed by atoms with van der Waals surface area (Å²) >= 11 is 0. The highest BCUT2D eigenvalue weighted by atomic mass is 32.2. The molecular formula is C28H38N6O4S. The third-order valence-electron chi connectivity index (χ3n) is 7.96. The number of nitrogens with zero attached hydrogens (tertiary/aromatic N) is 4. The second kappa shape index (κ2) is 12.1. The van der Waals surface area contributed by atoms with Gasteiger partial charge in [-0.05, 0) is 64.3 Å². The lowest BCUT2D eigenvalue weighted by atomic mass is 9.92. The summed E-state index contributed by atoms with van der Waals surface area (Å²) in [5.41, 5.74) is 2.81. The van der Waals surface area contributed by atoms with Crippen molar-refractivity contribution in [3.8, 4) is 0 Å². The molecule has 11 heteroatoms. The number of hydrogen-bond acceptors (Lipinski definition) is 7. The number of nitrogens with one attached hydrogen (secondary N) is 2. The highest BCUT2D eigenvalue weighted by Crippen LogP contribution is 2.29. The summed E-state index contributed by atoms with van der Waals surface area (Å²) in [5.74, 6) is 0.00752. The van der Waals surface area contributed by atoms with Crippen LogP contribution in [0.1, 0.15) is 67.2 Å². The first-order valence-electron chi connectivity index (χ1n) is 14.0. The average Bonchev–Trinajstić information content (AvgIpc) is 2.94. The van der Waals surface area contributed by atoms with Crippen LogP contribution in [0.4, 0.5) is 0 Å². The molecule has 0 radical (unpaired) electrons. The normalized spacial score (nSPS) is 22.6. The highest BCUT2D eigenvalue weighted by molar-refractivity contribution is 7.89. The first kappa shape index (κ1) is 27.7. The van der Waals surface area contributed by atoms with Crippen molar-refractivity contribution < 1.29 is 18.0 Å². The van der Waals surface area contributed by atoms with Gasteiger partial charge in [0.05, 0.1) is 17.4 Å². The largest absolute Gasteiger partial charge is 0.353 e. The Morgan fingerprint density at radius 3 is 2.64 bits per heavy atom. The van der Waals surface area contributed by atoms with Gasteiger partial charge in [-0.1, -0.05) is 24.1 Å². The van der Waals surface area contributed by atoms with Crippen molar-refractivity contribution in [1.82, 2.24) is 29.8 Å². The maximum atomic E-state index is 13.4. The Labute approximate surface area is 230 Å². The van der Waals surface area contributed by atoms with Gasteiger partial charge >= 0.3 is 0 Å². The lowest BCUT2D eigenvalue weighted by Crippen LogP contribution is -2.58. The molecule has 3 heterocycles. The van der Waals surface area contributed by atoms with Gasteiger partial charge in [-0.25, -0.2) is 18.4 Å². The number of carbonyl (C=O) groups excluding carboxylic acids is 2. The van der Waals surface area contributed by atoms with Crippen LogP contribution in [0.25, 0.3) is 0 Å². The van der Waals surface area contributed by atoms with Gasteiger partial charge in [-0.15, -0.1) is 0 Å². The molecule has 210 valence electrons. The number of hydrogen-bond donors (Lipinski definition) is 2. The molecule has 5 rings (SSSR count). The minimum absolute atomic E-state index is 0.111. The summed E-state index contributed by atoms with van der Waals surface area (Å²) in [7, 11) is -3.94. The zero-order valence-corrected chi connectivity index (χ0v) is 23.4. The van der Waals surface area contributed by atoms with Crippen molar-refractivity contribution in [2.24, 2.45) is 0 Å². The molecule has 1 unspecified atom stereocenters. The number of benzene rings is 1. The first-order chi connectivity index (χ1) is 18.8. The summed E-state index contributed by atoms with van der Waals surface area (Å²) in [5, 5.41) is 5.75. The van der Waals surface area contributed by atoms with Crippen molar-refractivity contribution in [3.05, 3.63) is 53.1 Å². The fourth-order valence-electron chi connectivity index (χ4n) is 5.75. The van der Waals surface area contributed by atoms with E-state index in [1.165, 1.54) is 31.4 Å². The fraction of sp³-hybridized carbons (Fsp3) is 0.571. The summed E-state index contributed by atoms with van der Waals surface area (Å²) < 4.78 is 27.9. The minimum Gasteiger partial charge on any atom is -0.353 e. The van der Waals surface area contributed by atoms with Gasteiger partial charge in [0.2, 0.25) is 21.8 Å². The van der Waals surface area contributed by atoms with Crippen LogP contribution in [0.5, 0.6) is 0 Å². The van der Waals surface area contributed by atoms with E-state index < -0.39 is 22.0 Å². The third kappa shape index (κ3) is 6.47. The van der Waals surface area contributed by atoms with Crippen molar-refractivity contribution >= 4 is 21.8 Å². The molecule has 3 aliphatic rings. The molecule has 2 amide bonds. The predicted octanol–water partition coefficient (Wildman–Crippen LogP) is 1.89. The van der Waals surface area contributed by atoms with E-state index in [0.717, 1.165) is 72.3 Å². The summed E-state index contributed by atoms with van der Waals surface area (Å²) in [6.07, 6.45) is 8.69. The van der Waals surface area contributed by atoms with Gasteiger partial charge in [0, 0.05) is 43.5 Å². The smallest absolute Gasteiger partial charge is 0.243 e. The number of rotatable bonds is 8. The maximum absolute atomic E-state index is 13.4. The van der Waals surface area contributed by atoms with Gasteiger partial charge < -0.3 is 15.5 Å². The van der Waals surface area contributed by atoms with Gasteiger partial charge in [0.1, 0.15) is 11.9 Å². The van der Waals surface area contributed by atoms with Crippen LogP contribution < -0.4 is 10.6 Å². The van der Waals surface area contributed by atoms with Crippen LogP contribution in [-0.4, -0.2) is 78.2 Å². The molecule has 0 bridgehead atoms. The number of amides is 2. The molecule has 0 spiro atoms. The van der Waals surface area contributed by atoms with Crippen LogP contribution in [0, 0.1) is 6.92 Å². The van der Waals surface area contributed by atoms with Gasteiger partial charge in [-0.2, -0.15) is 4.31 Å². The predicted molar refractivity (Wildman–Crippen MR) is 146 cm³/mol. The molecule has 1 aromatic carbocycles. The van der Waals surface area contributed by atoms with E-state index in [2.05, 4.69) is 20.5 Å². The second-order valence-electron chi connectivity index (χ2n) is 10.8. The molecule has 1 aliphatic carbocycles. The molecule has 2 N–H and O–H groups in total. The maximum Gasteiger partial charge on any atom is 0.243 e. The SMILES string of the molecule is Cc1ccc(S(=O)(=O)N2CCNC(=O)[C@H]2CC(=O)NC2CCCc3nc(CCN4CCCCC4)ncc32)cc1. The Bertz CT molecular complexity index is 1290. The molecule has 2 aliphatic heterocycles. The molecule has 0 saturated carbocycles. The van der Waals surface area contributed by atoms with Crippen molar-refractivity contribution in [1.29, 1.82) is 0 Å². The van der Waals surface area contributed by atoms with Gasteiger partial charge in [-0.3, -0.25) is 9.59 Å². The van der Waals surface area contributed by atoms with Gasteiger partial charge in [0.15, 0.2) is 0 Å². The number of sulfonamides is 1. The van der Waals surface area contributed by atoms with E-state index in [0.29, 0.717) is 0 Å². The molecule has 2 fully saturated rings. The monoisotopic (exact) mass is 554 g/mol. The van der Waals surface area contributed by atoms with Crippen molar-refractivity contribution in [2.75, 3.05) is 32.7 Å².